The molecule has 0 aromatic rings. The number of aliphatic hydroxyl groups is 2. The summed E-state index contributed by atoms with van der Waals surface area (Å²) in [4.78, 5) is 11.5. The highest BCUT2D eigenvalue weighted by atomic mass is 16.7. The van der Waals surface area contributed by atoms with Gasteiger partial charge in [-0.1, -0.05) is 46.0 Å². The SMILES string of the molecule is CCCCCCCCC(=O)OC(O)(CO)CCC. The molecule has 0 aliphatic heterocycles. The average Bonchev–Trinajstić information content (AvgIpc) is 2.34. The van der Waals surface area contributed by atoms with Gasteiger partial charge in [-0.25, -0.2) is 0 Å². The van der Waals surface area contributed by atoms with Crippen LogP contribution in [0, 0.1) is 0 Å². The van der Waals surface area contributed by atoms with Gasteiger partial charge in [-0.15, -0.1) is 0 Å². The number of hydrogen-bond acceptors (Lipinski definition) is 4. The zero-order chi connectivity index (χ0) is 13.9. The summed E-state index contributed by atoms with van der Waals surface area (Å²) >= 11 is 0. The Balaban J connectivity index is 3.69. The van der Waals surface area contributed by atoms with Crippen molar-refractivity contribution in [2.24, 2.45) is 0 Å². The van der Waals surface area contributed by atoms with E-state index in [1.807, 2.05) is 6.92 Å². The molecule has 0 aliphatic carbocycles. The Morgan fingerprint density at radius 3 is 2.22 bits per heavy atom. The third-order valence-electron chi connectivity index (χ3n) is 2.93. The number of esters is 1. The van der Waals surface area contributed by atoms with Crippen molar-refractivity contribution in [3.05, 3.63) is 0 Å². The number of hydrogen-bond donors (Lipinski definition) is 2. The second-order valence-electron chi connectivity index (χ2n) is 4.85. The molecule has 0 saturated carbocycles. The summed E-state index contributed by atoms with van der Waals surface area (Å²) < 4.78 is 4.92. The lowest BCUT2D eigenvalue weighted by Crippen LogP contribution is -2.38. The van der Waals surface area contributed by atoms with Gasteiger partial charge in [-0.2, -0.15) is 0 Å². The standard InChI is InChI=1S/C14H28O4/c1-3-5-6-7-8-9-10-13(16)18-14(17,12-15)11-4-2/h15,17H,3-12H2,1-2H3. The molecule has 0 radical (unpaired) electrons. The van der Waals surface area contributed by atoms with E-state index in [2.05, 4.69) is 6.92 Å². The van der Waals surface area contributed by atoms with Gasteiger partial charge in [0.25, 0.3) is 0 Å². The predicted octanol–water partition coefficient (Wildman–Crippen LogP) is 2.76. The summed E-state index contributed by atoms with van der Waals surface area (Å²) in [5.41, 5.74) is 0. The van der Waals surface area contributed by atoms with Gasteiger partial charge in [0.15, 0.2) is 0 Å². The zero-order valence-electron chi connectivity index (χ0n) is 11.8. The van der Waals surface area contributed by atoms with Crippen LogP contribution in [0.25, 0.3) is 0 Å². The Morgan fingerprint density at radius 1 is 1.06 bits per heavy atom. The van der Waals surface area contributed by atoms with Crippen LogP contribution in [0.5, 0.6) is 0 Å². The molecule has 0 aromatic heterocycles. The second kappa shape index (κ2) is 10.3. The third-order valence-corrected chi connectivity index (χ3v) is 2.93. The fourth-order valence-corrected chi connectivity index (χ4v) is 1.87. The van der Waals surface area contributed by atoms with Crippen LogP contribution in [-0.4, -0.2) is 28.6 Å². The highest BCUT2D eigenvalue weighted by molar-refractivity contribution is 5.69. The minimum Gasteiger partial charge on any atom is -0.431 e. The third kappa shape index (κ3) is 8.48. The normalized spacial score (nSPS) is 14.2. The van der Waals surface area contributed by atoms with Crippen molar-refractivity contribution in [1.82, 2.24) is 0 Å². The van der Waals surface area contributed by atoms with E-state index >= 15 is 0 Å². The van der Waals surface area contributed by atoms with E-state index in [0.29, 0.717) is 12.8 Å². The van der Waals surface area contributed by atoms with Crippen LogP contribution in [0.1, 0.15) is 71.6 Å². The Labute approximate surface area is 110 Å². The molecular formula is C14H28O4. The Kier molecular flexibility index (Phi) is 9.98. The fraction of sp³-hybridized carbons (Fsp3) is 0.929. The van der Waals surface area contributed by atoms with Crippen molar-refractivity contribution in [2.75, 3.05) is 6.61 Å². The van der Waals surface area contributed by atoms with Crippen molar-refractivity contribution in [1.29, 1.82) is 0 Å². The quantitative estimate of drug-likeness (QED) is 0.340. The molecule has 108 valence electrons. The van der Waals surface area contributed by atoms with Gasteiger partial charge < -0.3 is 14.9 Å². The first-order chi connectivity index (χ1) is 8.58. The minimum atomic E-state index is -1.69. The minimum absolute atomic E-state index is 0.270. The number of carbonyl (C=O) groups excluding carboxylic acids is 1. The Bertz CT molecular complexity index is 218. The predicted molar refractivity (Wildman–Crippen MR) is 71.0 cm³/mol. The van der Waals surface area contributed by atoms with Gasteiger partial charge in [-0.05, 0) is 12.8 Å². The number of ether oxygens (including phenoxy) is 1. The number of aliphatic hydroxyl groups excluding tert-OH is 1. The largest absolute Gasteiger partial charge is 0.431 e. The Hall–Kier alpha value is -0.610. The highest BCUT2D eigenvalue weighted by Gasteiger charge is 2.29. The summed E-state index contributed by atoms with van der Waals surface area (Å²) in [6.07, 6.45) is 7.85. The van der Waals surface area contributed by atoms with Crippen LogP contribution in [0.15, 0.2) is 0 Å². The first-order valence-electron chi connectivity index (χ1n) is 7.13. The summed E-state index contributed by atoms with van der Waals surface area (Å²) in [5, 5.41) is 18.8. The maximum atomic E-state index is 11.5. The van der Waals surface area contributed by atoms with Gasteiger partial charge in [0, 0.05) is 12.8 Å². The van der Waals surface area contributed by atoms with Crippen LogP contribution in [0.2, 0.25) is 0 Å². The van der Waals surface area contributed by atoms with Crippen molar-refractivity contribution in [2.45, 2.75) is 77.4 Å². The van der Waals surface area contributed by atoms with E-state index in [9.17, 15) is 9.90 Å². The van der Waals surface area contributed by atoms with Gasteiger partial charge in [-0.3, -0.25) is 4.79 Å². The van der Waals surface area contributed by atoms with Gasteiger partial charge in [0.1, 0.15) is 6.61 Å². The maximum Gasteiger partial charge on any atom is 0.308 e. The number of carbonyl (C=O) groups is 1. The smallest absolute Gasteiger partial charge is 0.308 e. The molecule has 0 saturated heterocycles. The van der Waals surface area contributed by atoms with E-state index in [4.69, 9.17) is 9.84 Å². The molecule has 0 rings (SSSR count). The first kappa shape index (κ1) is 17.4. The number of rotatable bonds is 11. The van der Waals surface area contributed by atoms with Crippen LogP contribution in [0.4, 0.5) is 0 Å². The van der Waals surface area contributed by atoms with Gasteiger partial charge >= 0.3 is 5.97 Å². The summed E-state index contributed by atoms with van der Waals surface area (Å²) in [6.45, 7) is 3.49. The lowest BCUT2D eigenvalue weighted by Gasteiger charge is -2.25. The Morgan fingerprint density at radius 2 is 1.67 bits per heavy atom. The van der Waals surface area contributed by atoms with E-state index < -0.39 is 18.4 Å². The molecule has 0 aliphatic rings. The van der Waals surface area contributed by atoms with Gasteiger partial charge in [0.2, 0.25) is 5.79 Å². The highest BCUT2D eigenvalue weighted by Crippen LogP contribution is 2.16. The molecule has 18 heavy (non-hydrogen) atoms. The lowest BCUT2D eigenvalue weighted by atomic mass is 10.1. The van der Waals surface area contributed by atoms with Crippen molar-refractivity contribution in [3.63, 3.8) is 0 Å². The van der Waals surface area contributed by atoms with Crippen molar-refractivity contribution >= 4 is 5.97 Å². The fourth-order valence-electron chi connectivity index (χ4n) is 1.87. The van der Waals surface area contributed by atoms with Crippen LogP contribution in [0.3, 0.4) is 0 Å². The average molecular weight is 260 g/mol. The van der Waals surface area contributed by atoms with E-state index in [1.54, 1.807) is 0 Å². The second-order valence-corrected chi connectivity index (χ2v) is 4.85. The molecule has 1 atom stereocenters. The molecule has 0 spiro atoms. The molecule has 4 nitrogen and oxygen atoms in total. The van der Waals surface area contributed by atoms with Crippen molar-refractivity contribution < 1.29 is 19.7 Å². The van der Waals surface area contributed by atoms with E-state index in [-0.39, 0.29) is 6.42 Å². The molecular weight excluding hydrogens is 232 g/mol. The summed E-state index contributed by atoms with van der Waals surface area (Å²) in [6, 6.07) is 0. The molecule has 0 aromatic carbocycles. The van der Waals surface area contributed by atoms with Crippen LogP contribution < -0.4 is 0 Å². The zero-order valence-corrected chi connectivity index (χ0v) is 11.8. The van der Waals surface area contributed by atoms with E-state index in [1.165, 1.54) is 19.3 Å². The number of unbranched alkanes of at least 4 members (excludes halogenated alkanes) is 5. The molecule has 0 fully saturated rings. The molecule has 0 amide bonds. The molecule has 2 N–H and O–H groups in total. The monoisotopic (exact) mass is 260 g/mol. The summed E-state index contributed by atoms with van der Waals surface area (Å²) in [5.74, 6) is -2.11. The molecule has 4 heteroatoms. The van der Waals surface area contributed by atoms with E-state index in [0.717, 1.165) is 19.3 Å². The topological polar surface area (TPSA) is 66.8 Å². The first-order valence-corrected chi connectivity index (χ1v) is 7.13. The lowest BCUT2D eigenvalue weighted by molar-refractivity contribution is -0.225. The van der Waals surface area contributed by atoms with Crippen LogP contribution >= 0.6 is 0 Å². The molecule has 1 unspecified atom stereocenters. The molecule has 0 heterocycles. The summed E-state index contributed by atoms with van der Waals surface area (Å²) in [7, 11) is 0. The van der Waals surface area contributed by atoms with Crippen LogP contribution in [-0.2, 0) is 9.53 Å². The van der Waals surface area contributed by atoms with Gasteiger partial charge in [0.05, 0.1) is 0 Å². The van der Waals surface area contributed by atoms with Crippen molar-refractivity contribution in [3.8, 4) is 0 Å². The maximum absolute atomic E-state index is 11.5. The molecule has 0 bridgehead atoms.